The average molecular weight is 900 g/mol. The normalized spacial score (nSPS) is 16.8. The largest absolute Gasteiger partial charge is 0.497 e. The van der Waals surface area contributed by atoms with Crippen molar-refractivity contribution < 1.29 is 32.8 Å². The van der Waals surface area contributed by atoms with Crippen LogP contribution >= 0.6 is 8.53 Å². The summed E-state index contributed by atoms with van der Waals surface area (Å²) in [4.78, 5) is 35.5. The van der Waals surface area contributed by atoms with Crippen LogP contribution in [0.25, 0.3) is 0 Å². The van der Waals surface area contributed by atoms with Gasteiger partial charge in [-0.05, 0) is 112 Å². The first-order valence-corrected chi connectivity index (χ1v) is 23.1. The van der Waals surface area contributed by atoms with Gasteiger partial charge in [-0.3, -0.25) is 14.3 Å². The fourth-order valence-corrected chi connectivity index (χ4v) is 9.87. The molecule has 1 aliphatic rings. The molecule has 6 aromatic rings. The molecule has 340 valence electrons. The molecule has 1 N–H and O–H groups in total. The quantitative estimate of drug-likeness (QED) is 0.0420. The summed E-state index contributed by atoms with van der Waals surface area (Å²) in [6.07, 6.45) is 3.12. The van der Waals surface area contributed by atoms with Crippen LogP contribution in [0.1, 0.15) is 79.5 Å². The van der Waals surface area contributed by atoms with Gasteiger partial charge in [0.05, 0.1) is 33.5 Å². The molecule has 4 aromatic carbocycles. The molecule has 1 fully saturated rings. The van der Waals surface area contributed by atoms with Gasteiger partial charge in [-0.1, -0.05) is 78.9 Å². The Balaban J connectivity index is 1.24. The molecule has 0 spiro atoms. The number of carbonyl (C=O) groups excluding carboxylic acids is 1. The van der Waals surface area contributed by atoms with Crippen LogP contribution in [0.3, 0.4) is 0 Å². The van der Waals surface area contributed by atoms with E-state index in [0.29, 0.717) is 23.7 Å². The smallest absolute Gasteiger partial charge is 0.351 e. The van der Waals surface area contributed by atoms with Crippen molar-refractivity contribution in [1.29, 1.82) is 0 Å². The second-order valence-electron chi connectivity index (χ2n) is 16.2. The highest BCUT2D eigenvalue weighted by atomic mass is 31.2. The van der Waals surface area contributed by atoms with Crippen molar-refractivity contribution >= 4 is 20.3 Å². The minimum Gasteiger partial charge on any atom is -0.497 e. The van der Waals surface area contributed by atoms with E-state index in [-0.39, 0.29) is 36.8 Å². The zero-order chi connectivity index (χ0) is 45.8. The molecular formula is C51H58N5O8P. The number of rotatable bonds is 21. The number of hydrogen-bond donors (Lipinski definition) is 1. The van der Waals surface area contributed by atoms with Gasteiger partial charge in [0.15, 0.2) is 0 Å². The lowest BCUT2D eigenvalue weighted by Crippen LogP contribution is -2.39. The predicted octanol–water partition coefficient (Wildman–Crippen LogP) is 9.58. The fraction of sp³-hybridized carbons (Fsp3) is 0.333. The highest BCUT2D eigenvalue weighted by Crippen LogP contribution is 2.51. The summed E-state index contributed by atoms with van der Waals surface area (Å²) < 4.78 is 42.9. The maximum Gasteiger partial charge on any atom is 0.351 e. The second kappa shape index (κ2) is 22.4. The number of carbonyl (C=O) groups is 1. The molecule has 1 aliphatic heterocycles. The Kier molecular flexibility index (Phi) is 16.3. The van der Waals surface area contributed by atoms with E-state index < -0.39 is 38.3 Å². The van der Waals surface area contributed by atoms with E-state index in [2.05, 4.69) is 47.7 Å². The van der Waals surface area contributed by atoms with E-state index in [1.807, 2.05) is 103 Å². The molecule has 7 rings (SSSR count). The zero-order valence-corrected chi connectivity index (χ0v) is 38.7. The van der Waals surface area contributed by atoms with Crippen molar-refractivity contribution in [3.63, 3.8) is 0 Å². The van der Waals surface area contributed by atoms with Gasteiger partial charge in [-0.25, -0.2) is 9.46 Å². The molecule has 0 bridgehead atoms. The summed E-state index contributed by atoms with van der Waals surface area (Å²) in [7, 11) is 1.64. The lowest BCUT2D eigenvalue weighted by atomic mass is 9.80. The van der Waals surface area contributed by atoms with Crippen molar-refractivity contribution in [3.05, 3.63) is 184 Å². The van der Waals surface area contributed by atoms with Crippen LogP contribution in [0.2, 0.25) is 0 Å². The number of hydrogen-bond acceptors (Lipinski definition) is 11. The molecule has 14 heteroatoms. The molecule has 2 aromatic heterocycles. The molecule has 65 heavy (non-hydrogen) atoms. The number of aryl methyl sites for hydroxylation is 1. The SMILES string of the molecule is COc1ccc(C(OC[C@H]2O[C@@H](n3ccc(NC(=O)c4ccccc4)nc3=O)C[C@@H]2OP(OCCCc2ccccn2)N(C(C)C)C(C)C)(c2ccccc2)c2ccc(OC)cc2)cc1. The van der Waals surface area contributed by atoms with Crippen molar-refractivity contribution in [1.82, 2.24) is 19.2 Å². The number of nitrogens with one attached hydrogen (secondary N) is 1. The Morgan fingerprint density at radius 1 is 0.815 bits per heavy atom. The number of benzene rings is 4. The summed E-state index contributed by atoms with van der Waals surface area (Å²) in [6.45, 7) is 9.02. The van der Waals surface area contributed by atoms with Gasteiger partial charge < -0.3 is 33.3 Å². The standard InChI is InChI=1S/C51H58N5O8P/c1-36(2)56(37(3)4)65(62-33-15-21-42-20-13-14-31-52-42)64-45-34-48(55-32-30-47(54-50(55)58)53-49(57)38-16-9-7-10-17-38)63-46(45)35-61-51(39-18-11-8-12-19-39,40-22-26-43(59-5)27-23-40)41-24-28-44(60-6)29-25-41/h7-14,16-20,22-32,36-37,45-46,48H,15,21,33-35H2,1-6H3,(H,53,54,57,58)/t45-,46+,48+,65?/m0/s1. The number of ether oxygens (including phenoxy) is 4. The van der Waals surface area contributed by atoms with Crippen molar-refractivity contribution in [2.45, 2.75) is 83.1 Å². The molecule has 1 amide bonds. The maximum absolute atomic E-state index is 13.8. The summed E-state index contributed by atoms with van der Waals surface area (Å²) in [5.74, 6) is 1.17. The van der Waals surface area contributed by atoms with Gasteiger partial charge >= 0.3 is 5.69 Å². The second-order valence-corrected chi connectivity index (χ2v) is 17.6. The van der Waals surface area contributed by atoms with Crippen LogP contribution < -0.4 is 20.5 Å². The number of anilines is 1. The number of pyridine rings is 1. The van der Waals surface area contributed by atoms with Crippen molar-refractivity contribution in [2.75, 3.05) is 32.8 Å². The van der Waals surface area contributed by atoms with E-state index in [1.165, 1.54) is 4.57 Å². The summed E-state index contributed by atoms with van der Waals surface area (Å²) in [6, 6.07) is 42.2. The summed E-state index contributed by atoms with van der Waals surface area (Å²) >= 11 is 0. The molecule has 4 atom stereocenters. The molecule has 0 radical (unpaired) electrons. The van der Waals surface area contributed by atoms with E-state index in [9.17, 15) is 9.59 Å². The van der Waals surface area contributed by atoms with Gasteiger partial charge in [-0.15, -0.1) is 0 Å². The number of methoxy groups -OCH3 is 2. The highest BCUT2D eigenvalue weighted by Gasteiger charge is 2.45. The van der Waals surface area contributed by atoms with E-state index in [4.69, 9.17) is 28.0 Å². The third kappa shape index (κ3) is 11.5. The molecule has 13 nitrogen and oxygen atoms in total. The fourth-order valence-electron chi connectivity index (χ4n) is 8.08. The molecular weight excluding hydrogens is 842 g/mol. The molecule has 0 saturated carbocycles. The zero-order valence-electron chi connectivity index (χ0n) is 37.8. The number of aromatic nitrogens is 3. The Bertz CT molecular complexity index is 2400. The number of nitrogens with zero attached hydrogens (tertiary/aromatic N) is 4. The van der Waals surface area contributed by atoms with Gasteiger partial charge in [0.1, 0.15) is 35.2 Å². The van der Waals surface area contributed by atoms with Gasteiger partial charge in [0.2, 0.25) is 0 Å². The van der Waals surface area contributed by atoms with Crippen LogP contribution in [-0.2, 0) is 30.5 Å². The minimum atomic E-state index is -1.64. The summed E-state index contributed by atoms with van der Waals surface area (Å²) in [5, 5.41) is 2.74. The minimum absolute atomic E-state index is 0.0493. The van der Waals surface area contributed by atoms with Crippen LogP contribution in [-0.4, -0.2) is 76.8 Å². The van der Waals surface area contributed by atoms with Crippen LogP contribution in [0.4, 0.5) is 5.82 Å². The van der Waals surface area contributed by atoms with Crippen LogP contribution in [0.5, 0.6) is 11.5 Å². The third-order valence-corrected chi connectivity index (χ3v) is 13.4. The Hall–Kier alpha value is -5.79. The van der Waals surface area contributed by atoms with Crippen molar-refractivity contribution in [3.8, 4) is 11.5 Å². The maximum atomic E-state index is 13.8. The third-order valence-electron chi connectivity index (χ3n) is 11.2. The van der Waals surface area contributed by atoms with Gasteiger partial charge in [0.25, 0.3) is 14.4 Å². The van der Waals surface area contributed by atoms with E-state index >= 15 is 0 Å². The van der Waals surface area contributed by atoms with Crippen molar-refractivity contribution in [2.24, 2.45) is 0 Å². The predicted molar refractivity (Wildman–Crippen MR) is 252 cm³/mol. The topological polar surface area (TPSA) is 136 Å². The average Bonchev–Trinajstić information content (AvgIpc) is 3.73. The first-order valence-electron chi connectivity index (χ1n) is 22.0. The van der Waals surface area contributed by atoms with Crippen LogP contribution in [0.15, 0.2) is 151 Å². The lowest BCUT2D eigenvalue weighted by molar-refractivity contribution is -0.0925. The van der Waals surface area contributed by atoms with E-state index in [0.717, 1.165) is 35.2 Å². The molecule has 3 heterocycles. The Labute approximate surface area is 382 Å². The molecule has 1 saturated heterocycles. The van der Waals surface area contributed by atoms with E-state index in [1.54, 1.807) is 56.9 Å². The monoisotopic (exact) mass is 899 g/mol. The lowest BCUT2D eigenvalue weighted by Gasteiger charge is -2.39. The number of amides is 1. The summed E-state index contributed by atoms with van der Waals surface area (Å²) in [5.41, 5.74) is 2.32. The Morgan fingerprint density at radius 2 is 1.42 bits per heavy atom. The molecule has 0 aliphatic carbocycles. The van der Waals surface area contributed by atoms with Gasteiger partial charge in [0, 0.05) is 42.2 Å². The molecule has 1 unspecified atom stereocenters. The highest BCUT2D eigenvalue weighted by molar-refractivity contribution is 7.44. The Morgan fingerprint density at radius 3 is 1.98 bits per heavy atom. The first kappa shape index (κ1) is 47.2. The first-order chi connectivity index (χ1) is 31.6. The van der Waals surface area contributed by atoms with Crippen LogP contribution in [0, 0.1) is 0 Å². The van der Waals surface area contributed by atoms with Gasteiger partial charge in [-0.2, -0.15) is 4.98 Å².